The maximum absolute atomic E-state index is 2.55. The van der Waals surface area contributed by atoms with Gasteiger partial charge in [-0.05, 0) is 92.9 Å². The topological polar surface area (TPSA) is 19.7 Å². The van der Waals surface area contributed by atoms with Crippen LogP contribution >= 0.6 is 0 Å². The molecular weight excluding hydrogens is 729 g/mol. The Morgan fingerprint density at radius 3 is 1.92 bits per heavy atom. The van der Waals surface area contributed by atoms with Gasteiger partial charge in [-0.15, -0.1) is 0 Å². The molecule has 0 fully saturated rings. The molecular formula is C56H44N4. The van der Waals surface area contributed by atoms with Gasteiger partial charge >= 0.3 is 0 Å². The summed E-state index contributed by atoms with van der Waals surface area (Å²) in [5, 5.41) is 6.18. The van der Waals surface area contributed by atoms with Crippen molar-refractivity contribution in [2.45, 2.75) is 26.7 Å². The lowest BCUT2D eigenvalue weighted by molar-refractivity contribution is 0.888. The predicted molar refractivity (Wildman–Crippen MR) is 255 cm³/mol. The van der Waals surface area contributed by atoms with Gasteiger partial charge in [0.25, 0.3) is 0 Å². The maximum atomic E-state index is 2.55. The lowest BCUT2D eigenvalue weighted by Crippen LogP contribution is -2.05. The third kappa shape index (κ3) is 5.67. The van der Waals surface area contributed by atoms with E-state index in [1.807, 2.05) is 0 Å². The summed E-state index contributed by atoms with van der Waals surface area (Å²) in [6, 6.07) is 57.5. The molecule has 0 atom stereocenters. The molecule has 4 heteroatoms. The van der Waals surface area contributed by atoms with Gasteiger partial charge in [0.15, 0.2) is 0 Å². The van der Waals surface area contributed by atoms with Crippen molar-refractivity contribution in [2.75, 3.05) is 0 Å². The number of hydrogen-bond donors (Lipinski definition) is 0. The fraction of sp³-hybridized carbons (Fsp3) is 0.0714. The first-order valence-electron chi connectivity index (χ1n) is 21.0. The van der Waals surface area contributed by atoms with E-state index in [0.29, 0.717) is 0 Å². The van der Waals surface area contributed by atoms with Crippen molar-refractivity contribution in [3.63, 3.8) is 0 Å². The Labute approximate surface area is 349 Å². The molecule has 11 rings (SSSR count). The van der Waals surface area contributed by atoms with Crippen molar-refractivity contribution in [3.8, 4) is 22.7 Å². The number of para-hydroxylation sites is 3. The highest BCUT2D eigenvalue weighted by atomic mass is 15.1. The van der Waals surface area contributed by atoms with Crippen LogP contribution in [0.1, 0.15) is 35.7 Å². The first-order chi connectivity index (χ1) is 29.7. The Balaban J connectivity index is 1.20. The Hall–Kier alpha value is -7.56. The number of aryl methyl sites for hydroxylation is 1. The Bertz CT molecular complexity index is 3420. The van der Waals surface area contributed by atoms with Crippen molar-refractivity contribution in [2.24, 2.45) is 0 Å². The van der Waals surface area contributed by atoms with E-state index in [4.69, 9.17) is 0 Å². The third-order valence-corrected chi connectivity index (χ3v) is 12.2. The molecule has 0 bridgehead atoms. The van der Waals surface area contributed by atoms with Crippen LogP contribution in [-0.4, -0.2) is 18.3 Å². The monoisotopic (exact) mass is 772 g/mol. The van der Waals surface area contributed by atoms with Crippen molar-refractivity contribution < 1.29 is 0 Å². The quantitative estimate of drug-likeness (QED) is 0.150. The maximum Gasteiger partial charge on any atom is 0.0788 e. The average molecular weight is 773 g/mol. The van der Waals surface area contributed by atoms with Crippen LogP contribution in [0, 0.1) is 6.92 Å². The molecule has 0 unspecified atom stereocenters. The zero-order valence-electron chi connectivity index (χ0n) is 33.8. The van der Waals surface area contributed by atoms with Gasteiger partial charge in [0.2, 0.25) is 0 Å². The van der Waals surface area contributed by atoms with Gasteiger partial charge in [-0.25, -0.2) is 0 Å². The highest BCUT2D eigenvalue weighted by Gasteiger charge is 2.23. The van der Waals surface area contributed by atoms with E-state index < -0.39 is 0 Å². The summed E-state index contributed by atoms with van der Waals surface area (Å²) >= 11 is 0. The number of benzene rings is 6. The fourth-order valence-electron chi connectivity index (χ4n) is 9.51. The van der Waals surface area contributed by atoms with E-state index in [1.165, 1.54) is 76.9 Å². The minimum absolute atomic E-state index is 0.973. The van der Waals surface area contributed by atoms with E-state index >= 15 is 0 Å². The minimum atomic E-state index is 0.973. The highest BCUT2D eigenvalue weighted by molar-refractivity contribution is 6.19. The Kier molecular flexibility index (Phi) is 8.70. The Morgan fingerprint density at radius 2 is 1.10 bits per heavy atom. The zero-order chi connectivity index (χ0) is 40.2. The molecule has 1 aliphatic carbocycles. The molecule has 10 aromatic rings. The lowest BCUT2D eigenvalue weighted by atomic mass is 10.0. The summed E-state index contributed by atoms with van der Waals surface area (Å²) in [7, 11) is 0. The van der Waals surface area contributed by atoms with Gasteiger partial charge in [-0.1, -0.05) is 134 Å². The van der Waals surface area contributed by atoms with E-state index in [0.717, 1.165) is 35.6 Å². The highest BCUT2D eigenvalue weighted by Crippen LogP contribution is 2.41. The van der Waals surface area contributed by atoms with Gasteiger partial charge < -0.3 is 18.3 Å². The average Bonchev–Trinajstić information content (AvgIpc) is 3.97. The van der Waals surface area contributed by atoms with E-state index in [-0.39, 0.29) is 0 Å². The molecule has 60 heavy (non-hydrogen) atoms. The van der Waals surface area contributed by atoms with Crippen molar-refractivity contribution in [1.29, 1.82) is 0 Å². The summed E-state index contributed by atoms with van der Waals surface area (Å²) < 4.78 is 9.77. The van der Waals surface area contributed by atoms with E-state index in [2.05, 4.69) is 239 Å². The molecule has 0 saturated heterocycles. The second-order valence-corrected chi connectivity index (χ2v) is 15.7. The number of allylic oxidation sites excluding steroid dienone is 4. The minimum Gasteiger partial charge on any atom is -0.315 e. The van der Waals surface area contributed by atoms with Crippen molar-refractivity contribution >= 4 is 66.7 Å². The van der Waals surface area contributed by atoms with Gasteiger partial charge in [0.05, 0.1) is 27.6 Å². The molecule has 0 spiro atoms. The van der Waals surface area contributed by atoms with Gasteiger partial charge in [-0.3, -0.25) is 0 Å². The molecule has 4 nitrogen and oxygen atoms in total. The predicted octanol–water partition coefficient (Wildman–Crippen LogP) is 14.6. The summed E-state index contributed by atoms with van der Waals surface area (Å²) in [6.07, 6.45) is 19.7. The van der Waals surface area contributed by atoms with Crippen molar-refractivity contribution in [1.82, 2.24) is 18.3 Å². The molecule has 1 aliphatic rings. The third-order valence-electron chi connectivity index (χ3n) is 12.2. The summed E-state index contributed by atoms with van der Waals surface area (Å²) in [5.74, 6) is 0. The van der Waals surface area contributed by atoms with Crippen LogP contribution in [0.4, 0.5) is 0 Å². The first kappa shape index (κ1) is 35.6. The summed E-state index contributed by atoms with van der Waals surface area (Å²) in [5.41, 5.74) is 15.6. The fourth-order valence-corrected chi connectivity index (χ4v) is 9.51. The molecule has 4 heterocycles. The smallest absolute Gasteiger partial charge is 0.0788 e. The van der Waals surface area contributed by atoms with Crippen LogP contribution in [0.25, 0.3) is 89.4 Å². The SMILES string of the molecule is C/C=C\C=C/c1cn(-c2ccc(-n3c4c(c5ccc6c(C)cccccn(-c7ccccc7)c6c53)C=CCC4)cc2)c2c1ccc1c3ccccc3n(-c3ccccc3)c12. The van der Waals surface area contributed by atoms with Gasteiger partial charge in [0.1, 0.15) is 0 Å². The number of nitrogens with zero attached hydrogens (tertiary/aromatic N) is 4. The molecule has 0 saturated carbocycles. The van der Waals surface area contributed by atoms with Crippen LogP contribution in [0.5, 0.6) is 0 Å². The largest absolute Gasteiger partial charge is 0.315 e. The molecule has 0 N–H and O–H groups in total. The molecule has 288 valence electrons. The van der Waals surface area contributed by atoms with Crippen LogP contribution in [0.15, 0.2) is 194 Å². The standard InChI is InChI=1S/C56H44N4/c1-3-4-8-20-40-38-58(54-46(40)34-36-50-48-26-14-16-27-51(48)59(56(50)54)43-23-12-6-13-24-43)42-29-31-44(32-30-42)60-52-28-17-15-25-47(52)49-35-33-45-39(2)19-9-7-18-37-57(53(45)55(49)60)41-21-10-5-11-22-41/h3-16,18-27,29-38H,17,28H2,1-2H3/b4-3-,9-7?,20-8-,37-18?,39-19?. The van der Waals surface area contributed by atoms with E-state index in [1.54, 1.807) is 0 Å². The molecule has 0 amide bonds. The van der Waals surface area contributed by atoms with E-state index in [9.17, 15) is 0 Å². The lowest BCUT2D eigenvalue weighted by Gasteiger charge is -2.17. The van der Waals surface area contributed by atoms with Crippen molar-refractivity contribution in [3.05, 3.63) is 217 Å². The second kappa shape index (κ2) is 14.7. The second-order valence-electron chi connectivity index (χ2n) is 15.7. The number of hydrogen-bond acceptors (Lipinski definition) is 0. The number of fused-ring (bicyclic) bond motifs is 10. The number of rotatable bonds is 6. The van der Waals surface area contributed by atoms with Gasteiger partial charge in [-0.2, -0.15) is 0 Å². The molecule has 0 radical (unpaired) electrons. The summed E-state index contributed by atoms with van der Waals surface area (Å²) in [4.78, 5) is 0. The Morgan fingerprint density at radius 1 is 0.483 bits per heavy atom. The van der Waals surface area contributed by atoms with Gasteiger partial charge in [0, 0.05) is 78.9 Å². The molecule has 4 aromatic heterocycles. The molecule has 0 aliphatic heterocycles. The van der Waals surface area contributed by atoms with Crippen LogP contribution in [0.2, 0.25) is 0 Å². The van der Waals surface area contributed by atoms with Crippen LogP contribution < -0.4 is 0 Å². The normalized spacial score (nSPS) is 12.8. The number of aromatic nitrogens is 4. The first-order valence-corrected chi connectivity index (χ1v) is 21.0. The molecule has 6 aromatic carbocycles. The summed E-state index contributed by atoms with van der Waals surface area (Å²) in [6.45, 7) is 4.28. The zero-order valence-corrected chi connectivity index (χ0v) is 33.8. The van der Waals surface area contributed by atoms with Crippen LogP contribution in [0.3, 0.4) is 0 Å². The van der Waals surface area contributed by atoms with Crippen LogP contribution in [-0.2, 0) is 6.42 Å².